The van der Waals surface area contributed by atoms with Crippen molar-refractivity contribution in [2.24, 2.45) is 0 Å². The molecule has 2 aromatic rings. The maximum absolute atomic E-state index is 11.7. The van der Waals surface area contributed by atoms with Gasteiger partial charge in [-0.25, -0.2) is 4.79 Å². The summed E-state index contributed by atoms with van der Waals surface area (Å²) in [6, 6.07) is 9.88. The largest absolute Gasteiger partial charge is 0.452 e. The molecule has 0 unspecified atom stereocenters. The van der Waals surface area contributed by atoms with E-state index in [-0.39, 0.29) is 0 Å². The molecule has 0 aliphatic carbocycles. The molecule has 114 valence electrons. The van der Waals surface area contributed by atoms with Crippen LogP contribution in [-0.2, 0) is 9.53 Å². The molecule has 0 aliphatic heterocycles. The van der Waals surface area contributed by atoms with Crippen molar-refractivity contribution in [2.45, 2.75) is 0 Å². The number of esters is 1. The molecule has 0 saturated carbocycles. The molecule has 0 bridgehead atoms. The van der Waals surface area contributed by atoms with E-state index in [0.29, 0.717) is 10.4 Å². The van der Waals surface area contributed by atoms with Crippen LogP contribution < -0.4 is 10.9 Å². The Morgan fingerprint density at radius 1 is 1.09 bits per heavy atom. The van der Waals surface area contributed by atoms with Crippen molar-refractivity contribution in [2.75, 3.05) is 6.61 Å². The molecule has 2 N–H and O–H groups in total. The van der Waals surface area contributed by atoms with Crippen molar-refractivity contribution in [1.82, 2.24) is 10.9 Å². The molecule has 0 atom stereocenters. The zero-order valence-electron chi connectivity index (χ0n) is 11.2. The summed E-state index contributed by atoms with van der Waals surface area (Å²) in [7, 11) is 0. The van der Waals surface area contributed by atoms with Crippen LogP contribution in [0.25, 0.3) is 0 Å². The summed E-state index contributed by atoms with van der Waals surface area (Å²) in [5.74, 6) is -1.68. The number of amides is 2. The van der Waals surface area contributed by atoms with Crippen LogP contribution >= 0.6 is 27.3 Å². The molecule has 0 radical (unpaired) electrons. The van der Waals surface area contributed by atoms with E-state index >= 15 is 0 Å². The number of halogens is 1. The Balaban J connectivity index is 1.74. The molecular formula is C14H11BrN2O4S. The fourth-order valence-electron chi connectivity index (χ4n) is 1.43. The molecule has 0 spiro atoms. The van der Waals surface area contributed by atoms with Gasteiger partial charge in [-0.3, -0.25) is 20.4 Å². The first-order valence-electron chi connectivity index (χ1n) is 6.11. The zero-order valence-corrected chi connectivity index (χ0v) is 13.6. The average molecular weight is 383 g/mol. The first kappa shape index (κ1) is 16.2. The quantitative estimate of drug-likeness (QED) is 0.626. The van der Waals surface area contributed by atoms with Gasteiger partial charge in [-0.2, -0.15) is 0 Å². The molecule has 1 aromatic heterocycles. The lowest BCUT2D eigenvalue weighted by Gasteiger charge is -2.07. The Kier molecular flexibility index (Phi) is 5.68. The Labute approximate surface area is 138 Å². The summed E-state index contributed by atoms with van der Waals surface area (Å²) in [6.45, 7) is -0.486. The van der Waals surface area contributed by atoms with Gasteiger partial charge in [0.1, 0.15) is 0 Å². The predicted octanol–water partition coefficient (Wildman–Crippen LogP) is 2.13. The predicted molar refractivity (Wildman–Crippen MR) is 84.4 cm³/mol. The van der Waals surface area contributed by atoms with E-state index < -0.39 is 24.4 Å². The average Bonchev–Trinajstić information content (AvgIpc) is 3.05. The number of carbonyl (C=O) groups is 3. The number of benzene rings is 1. The maximum atomic E-state index is 11.7. The third kappa shape index (κ3) is 4.68. The van der Waals surface area contributed by atoms with Gasteiger partial charge in [0.05, 0.1) is 10.4 Å². The third-order valence-electron chi connectivity index (χ3n) is 2.47. The Morgan fingerprint density at radius 3 is 2.45 bits per heavy atom. The SMILES string of the molecule is O=C(COC(=O)c1ccc(Br)cc1)NNC(=O)c1cccs1. The van der Waals surface area contributed by atoms with Gasteiger partial charge in [-0.1, -0.05) is 22.0 Å². The van der Waals surface area contributed by atoms with Crippen molar-refractivity contribution < 1.29 is 19.1 Å². The van der Waals surface area contributed by atoms with E-state index in [0.717, 1.165) is 4.47 Å². The van der Waals surface area contributed by atoms with Crippen molar-refractivity contribution in [1.29, 1.82) is 0 Å². The van der Waals surface area contributed by atoms with E-state index in [4.69, 9.17) is 4.74 Å². The molecule has 1 heterocycles. The molecule has 2 amide bonds. The molecule has 1 aromatic carbocycles. The summed E-state index contributed by atoms with van der Waals surface area (Å²) < 4.78 is 5.67. The third-order valence-corrected chi connectivity index (χ3v) is 3.87. The fourth-order valence-corrected chi connectivity index (χ4v) is 2.32. The standard InChI is InChI=1S/C14H11BrN2O4S/c15-10-5-3-9(4-6-10)14(20)21-8-12(18)16-17-13(19)11-2-1-7-22-11/h1-7H,8H2,(H,16,18)(H,17,19). The minimum Gasteiger partial charge on any atom is -0.452 e. The van der Waals surface area contributed by atoms with Gasteiger partial charge in [0.2, 0.25) is 0 Å². The topological polar surface area (TPSA) is 84.5 Å². The van der Waals surface area contributed by atoms with E-state index in [1.165, 1.54) is 11.3 Å². The van der Waals surface area contributed by atoms with Crippen LogP contribution in [-0.4, -0.2) is 24.4 Å². The van der Waals surface area contributed by atoms with Crippen molar-refractivity contribution in [3.63, 3.8) is 0 Å². The van der Waals surface area contributed by atoms with Crippen LogP contribution in [0.5, 0.6) is 0 Å². The summed E-state index contributed by atoms with van der Waals surface area (Å²) in [4.78, 5) is 35.2. The molecular weight excluding hydrogens is 372 g/mol. The second-order valence-corrected chi connectivity index (χ2v) is 5.93. The molecule has 6 nitrogen and oxygen atoms in total. The normalized spacial score (nSPS) is 9.86. The Hall–Kier alpha value is -2.19. The smallest absolute Gasteiger partial charge is 0.338 e. The summed E-state index contributed by atoms with van der Waals surface area (Å²) in [6.07, 6.45) is 0. The van der Waals surface area contributed by atoms with E-state index in [1.54, 1.807) is 41.8 Å². The van der Waals surface area contributed by atoms with Crippen molar-refractivity contribution in [3.8, 4) is 0 Å². The molecule has 0 saturated heterocycles. The first-order chi connectivity index (χ1) is 10.6. The van der Waals surface area contributed by atoms with Gasteiger partial charge in [-0.05, 0) is 35.7 Å². The van der Waals surface area contributed by atoms with Crippen molar-refractivity contribution in [3.05, 3.63) is 56.7 Å². The van der Waals surface area contributed by atoms with Crippen LogP contribution in [0.4, 0.5) is 0 Å². The van der Waals surface area contributed by atoms with Crippen LogP contribution in [0.1, 0.15) is 20.0 Å². The molecule has 22 heavy (non-hydrogen) atoms. The highest BCUT2D eigenvalue weighted by Crippen LogP contribution is 2.11. The summed E-state index contributed by atoms with van der Waals surface area (Å²) in [5, 5.41) is 1.75. The van der Waals surface area contributed by atoms with Gasteiger partial charge in [0.15, 0.2) is 6.61 Å². The lowest BCUT2D eigenvalue weighted by atomic mass is 10.2. The Bertz CT molecular complexity index is 671. The number of thiophene rings is 1. The van der Waals surface area contributed by atoms with Crippen LogP contribution in [0.15, 0.2) is 46.3 Å². The highest BCUT2D eigenvalue weighted by Gasteiger charge is 2.11. The minimum absolute atomic E-state index is 0.332. The summed E-state index contributed by atoms with van der Waals surface area (Å²) >= 11 is 4.50. The lowest BCUT2D eigenvalue weighted by molar-refractivity contribution is -0.125. The van der Waals surface area contributed by atoms with Gasteiger partial charge >= 0.3 is 5.97 Å². The molecule has 0 aliphatic rings. The number of hydrazine groups is 1. The van der Waals surface area contributed by atoms with E-state index in [2.05, 4.69) is 26.8 Å². The molecule has 0 fully saturated rings. The number of nitrogens with one attached hydrogen (secondary N) is 2. The first-order valence-corrected chi connectivity index (χ1v) is 7.79. The van der Waals surface area contributed by atoms with Gasteiger partial charge < -0.3 is 4.74 Å². The van der Waals surface area contributed by atoms with E-state index in [9.17, 15) is 14.4 Å². The lowest BCUT2D eigenvalue weighted by Crippen LogP contribution is -2.43. The number of ether oxygens (including phenoxy) is 1. The molecule has 2 rings (SSSR count). The monoisotopic (exact) mass is 382 g/mol. The van der Waals surface area contributed by atoms with Gasteiger partial charge in [0.25, 0.3) is 11.8 Å². The van der Waals surface area contributed by atoms with Crippen LogP contribution in [0.3, 0.4) is 0 Å². The van der Waals surface area contributed by atoms with Gasteiger partial charge in [-0.15, -0.1) is 11.3 Å². The Morgan fingerprint density at radius 2 is 1.82 bits per heavy atom. The number of hydrogen-bond acceptors (Lipinski definition) is 5. The second kappa shape index (κ2) is 7.71. The fraction of sp³-hybridized carbons (Fsp3) is 0.0714. The van der Waals surface area contributed by atoms with Crippen LogP contribution in [0.2, 0.25) is 0 Å². The second-order valence-electron chi connectivity index (χ2n) is 4.06. The maximum Gasteiger partial charge on any atom is 0.338 e. The number of rotatable bonds is 4. The highest BCUT2D eigenvalue weighted by atomic mass is 79.9. The van der Waals surface area contributed by atoms with Crippen molar-refractivity contribution >= 4 is 45.1 Å². The molecule has 8 heteroatoms. The number of hydrogen-bond donors (Lipinski definition) is 2. The van der Waals surface area contributed by atoms with Gasteiger partial charge in [0, 0.05) is 4.47 Å². The van der Waals surface area contributed by atoms with E-state index in [1.807, 2.05) is 0 Å². The number of carbonyl (C=O) groups excluding carboxylic acids is 3. The van der Waals surface area contributed by atoms with Crippen LogP contribution in [0, 0.1) is 0 Å². The zero-order chi connectivity index (χ0) is 15.9. The summed E-state index contributed by atoms with van der Waals surface area (Å²) in [5.41, 5.74) is 4.73. The minimum atomic E-state index is -0.629. The highest BCUT2D eigenvalue weighted by molar-refractivity contribution is 9.10.